The number of nitrogens with zero attached hydrogens (tertiary/aromatic N) is 2. The molecule has 5 N–H and O–H groups in total. The quantitative estimate of drug-likeness (QED) is 0.247. The summed E-state index contributed by atoms with van der Waals surface area (Å²) in [6.07, 6.45) is -0.00690. The molecular weight excluding hydrogens is 489 g/mol. The van der Waals surface area contributed by atoms with Gasteiger partial charge in [0.25, 0.3) is 5.91 Å². The molecule has 3 heterocycles. The number of hydrogen-bond donors (Lipinski definition) is 3. The fourth-order valence-electron chi connectivity index (χ4n) is 2.67. The lowest BCUT2D eigenvalue weighted by molar-refractivity contribution is -0.684. The second-order valence-electron chi connectivity index (χ2n) is 6.49. The van der Waals surface area contributed by atoms with Gasteiger partial charge in [-0.15, -0.1) is 11.8 Å². The van der Waals surface area contributed by atoms with E-state index < -0.39 is 30.1 Å². The Hall–Kier alpha value is -3.04. The van der Waals surface area contributed by atoms with Gasteiger partial charge in [-0.1, -0.05) is 11.8 Å². The summed E-state index contributed by atoms with van der Waals surface area (Å²) in [5.74, 6) is -4.44. The number of carboxylic acids is 2. The van der Waals surface area contributed by atoms with Crippen molar-refractivity contribution in [3.8, 4) is 0 Å². The zero-order valence-electron chi connectivity index (χ0n) is 16.5. The van der Waals surface area contributed by atoms with Crippen molar-refractivity contribution in [2.45, 2.75) is 29.0 Å². The molecule has 178 valence electrons. The van der Waals surface area contributed by atoms with Gasteiger partial charge in [-0.2, -0.15) is 17.7 Å². The second-order valence-corrected chi connectivity index (χ2v) is 8.58. The number of carbonyl (C=O) groups is 4. The van der Waals surface area contributed by atoms with Crippen LogP contribution in [0.4, 0.5) is 13.2 Å². The SMILES string of the molecule is NC(=O)C[n+]1ccc(S/C=C/C2=C(C(=O)O)N3C(=O)[C@@H](N)[C@H]3SC2)cc1.O=C([O-])C(F)(F)F. The van der Waals surface area contributed by atoms with Crippen molar-refractivity contribution in [3.05, 3.63) is 47.3 Å². The van der Waals surface area contributed by atoms with Crippen molar-refractivity contribution in [2.75, 3.05) is 5.75 Å². The minimum atomic E-state index is -5.19. The first-order valence-electron chi connectivity index (χ1n) is 8.88. The molecule has 1 aromatic rings. The fraction of sp³-hybridized carbons (Fsp3) is 0.278. The van der Waals surface area contributed by atoms with Crippen molar-refractivity contribution < 1.29 is 47.1 Å². The summed E-state index contributed by atoms with van der Waals surface area (Å²) in [4.78, 5) is 45.3. The third kappa shape index (κ3) is 6.72. The number of primary amides is 1. The van der Waals surface area contributed by atoms with Crippen LogP contribution in [0.15, 0.2) is 52.2 Å². The average molecular weight is 506 g/mol. The molecule has 2 atom stereocenters. The molecule has 2 aliphatic rings. The summed E-state index contributed by atoms with van der Waals surface area (Å²) in [5, 5.41) is 19.7. The highest BCUT2D eigenvalue weighted by atomic mass is 32.2. The Kier molecular flexibility index (Phi) is 8.51. The van der Waals surface area contributed by atoms with E-state index in [0.717, 1.165) is 4.90 Å². The topological polar surface area (TPSA) is 171 Å². The first kappa shape index (κ1) is 26.2. The molecule has 0 unspecified atom stereocenters. The molecule has 33 heavy (non-hydrogen) atoms. The van der Waals surface area contributed by atoms with Gasteiger partial charge in [0.15, 0.2) is 12.4 Å². The summed E-state index contributed by atoms with van der Waals surface area (Å²) >= 11 is 2.86. The van der Waals surface area contributed by atoms with Crippen LogP contribution in [0, 0.1) is 0 Å². The number of alkyl halides is 3. The van der Waals surface area contributed by atoms with E-state index in [1.165, 1.54) is 28.4 Å². The van der Waals surface area contributed by atoms with Crippen LogP contribution in [0.5, 0.6) is 0 Å². The molecule has 3 rings (SSSR count). The third-order valence-electron chi connectivity index (χ3n) is 4.15. The van der Waals surface area contributed by atoms with E-state index in [-0.39, 0.29) is 23.5 Å². The molecule has 0 bridgehead atoms. The number of β-lactam (4-membered cyclic amide) rings is 1. The number of rotatable bonds is 6. The van der Waals surface area contributed by atoms with Gasteiger partial charge < -0.3 is 26.5 Å². The molecule has 1 saturated heterocycles. The van der Waals surface area contributed by atoms with Crippen molar-refractivity contribution in [2.24, 2.45) is 11.5 Å². The normalized spacial score (nSPS) is 20.0. The number of fused-ring (bicyclic) bond motifs is 1. The number of halogens is 3. The molecule has 10 nitrogen and oxygen atoms in total. The molecular formula is C18H17F3N4O6S2. The molecule has 0 spiro atoms. The maximum absolute atomic E-state index is 11.9. The van der Waals surface area contributed by atoms with Crippen LogP contribution in [0.1, 0.15) is 0 Å². The molecule has 0 aliphatic carbocycles. The van der Waals surface area contributed by atoms with E-state index in [4.69, 9.17) is 21.4 Å². The number of pyridine rings is 1. The fourth-order valence-corrected chi connectivity index (χ4v) is 4.60. The Bertz CT molecular complexity index is 1010. The molecule has 2 amide bonds. The van der Waals surface area contributed by atoms with Gasteiger partial charge in [-0.05, 0) is 17.1 Å². The van der Waals surface area contributed by atoms with E-state index in [1.54, 1.807) is 28.4 Å². The van der Waals surface area contributed by atoms with Crippen molar-refractivity contribution >= 4 is 47.3 Å². The highest BCUT2D eigenvalue weighted by molar-refractivity contribution is 8.02. The summed E-state index contributed by atoms with van der Waals surface area (Å²) < 4.78 is 33.2. The first-order valence-corrected chi connectivity index (χ1v) is 10.8. The Morgan fingerprint density at radius 1 is 1.33 bits per heavy atom. The minimum Gasteiger partial charge on any atom is -0.542 e. The summed E-state index contributed by atoms with van der Waals surface area (Å²) in [7, 11) is 0. The lowest BCUT2D eigenvalue weighted by Gasteiger charge is -2.47. The van der Waals surface area contributed by atoms with Crippen LogP contribution < -0.4 is 21.1 Å². The molecule has 1 fully saturated rings. The van der Waals surface area contributed by atoms with Gasteiger partial charge in [0.1, 0.15) is 23.1 Å². The highest BCUT2D eigenvalue weighted by Gasteiger charge is 2.51. The molecule has 15 heteroatoms. The molecule has 2 aliphatic heterocycles. The van der Waals surface area contributed by atoms with Crippen molar-refractivity contribution in [3.63, 3.8) is 0 Å². The van der Waals surface area contributed by atoms with Crippen LogP contribution in [-0.2, 0) is 25.7 Å². The molecule has 0 saturated carbocycles. The zero-order valence-corrected chi connectivity index (χ0v) is 18.2. The van der Waals surface area contributed by atoms with Crippen LogP contribution in [0.25, 0.3) is 0 Å². The molecule has 0 aromatic carbocycles. The maximum Gasteiger partial charge on any atom is 0.430 e. The number of nitrogens with two attached hydrogens (primary N) is 2. The Morgan fingerprint density at radius 2 is 1.91 bits per heavy atom. The van der Waals surface area contributed by atoms with Crippen LogP contribution in [0.2, 0.25) is 0 Å². The zero-order chi connectivity index (χ0) is 24.9. The predicted octanol–water partition coefficient (Wildman–Crippen LogP) is -1.06. The third-order valence-corrected chi connectivity index (χ3v) is 6.29. The lowest BCUT2D eigenvalue weighted by atomic mass is 10.0. The van der Waals surface area contributed by atoms with Gasteiger partial charge in [0, 0.05) is 22.8 Å². The van der Waals surface area contributed by atoms with Gasteiger partial charge in [-0.3, -0.25) is 14.5 Å². The van der Waals surface area contributed by atoms with E-state index in [1.807, 2.05) is 12.1 Å². The van der Waals surface area contributed by atoms with Crippen LogP contribution >= 0.6 is 23.5 Å². The van der Waals surface area contributed by atoms with E-state index in [9.17, 15) is 32.7 Å². The highest BCUT2D eigenvalue weighted by Crippen LogP contribution is 2.40. The number of aliphatic carboxylic acids is 2. The van der Waals surface area contributed by atoms with Crippen molar-refractivity contribution in [1.82, 2.24) is 4.90 Å². The smallest absolute Gasteiger partial charge is 0.430 e. The number of carboxylic acid groups (broad SMARTS) is 2. The Labute approximate surface area is 193 Å². The standard InChI is InChI=1S/C16H16N4O4S2.C2HF3O2/c17-11(21)7-19-4-1-10(2-5-19)25-6-3-9-8-26-15-12(18)14(22)20(15)13(9)16(23)24;3-2(4,5)1(6)7/h1-6,12,15H,7-8,18H2,(H2-,17,21,23,24);(H,6,7)/b6-3+;/t12-,15-;/m1./s1. The number of thioether (sulfide) groups is 2. The monoisotopic (exact) mass is 506 g/mol. The van der Waals surface area contributed by atoms with Crippen LogP contribution in [-0.4, -0.2) is 57.1 Å². The number of aromatic nitrogens is 1. The molecule has 0 radical (unpaired) electrons. The number of hydrogen-bond acceptors (Lipinski definition) is 8. The van der Waals surface area contributed by atoms with E-state index in [0.29, 0.717) is 11.3 Å². The second kappa shape index (κ2) is 10.7. The minimum absolute atomic E-state index is 0.00432. The predicted molar refractivity (Wildman–Crippen MR) is 108 cm³/mol. The number of amides is 2. The largest absolute Gasteiger partial charge is 0.542 e. The Morgan fingerprint density at radius 3 is 2.39 bits per heavy atom. The summed E-state index contributed by atoms with van der Waals surface area (Å²) in [5.41, 5.74) is 11.4. The van der Waals surface area contributed by atoms with Crippen LogP contribution in [0.3, 0.4) is 0 Å². The van der Waals surface area contributed by atoms with E-state index >= 15 is 0 Å². The maximum atomic E-state index is 11.9. The van der Waals surface area contributed by atoms with Gasteiger partial charge in [0.05, 0.1) is 0 Å². The van der Waals surface area contributed by atoms with Gasteiger partial charge in [0.2, 0.25) is 12.5 Å². The summed E-state index contributed by atoms with van der Waals surface area (Å²) in [6, 6.07) is 3.02. The van der Waals surface area contributed by atoms with Gasteiger partial charge in [-0.25, -0.2) is 4.79 Å². The number of carbonyl (C=O) groups excluding carboxylic acids is 3. The number of allylic oxidation sites excluding steroid dienone is 1. The van der Waals surface area contributed by atoms with Gasteiger partial charge >= 0.3 is 12.1 Å². The summed E-state index contributed by atoms with van der Waals surface area (Å²) in [6.45, 7) is 0.111. The molecule has 1 aromatic heterocycles. The Balaban J connectivity index is 0.000000479. The average Bonchev–Trinajstić information content (AvgIpc) is 2.73. The van der Waals surface area contributed by atoms with Crippen molar-refractivity contribution in [1.29, 1.82) is 0 Å². The lowest BCUT2D eigenvalue weighted by Crippen LogP contribution is -2.68. The first-order chi connectivity index (χ1) is 15.3. The van der Waals surface area contributed by atoms with E-state index in [2.05, 4.69) is 0 Å².